The molecule has 0 unspecified atom stereocenters. The Bertz CT molecular complexity index is 368. The summed E-state index contributed by atoms with van der Waals surface area (Å²) in [7, 11) is 0. The van der Waals surface area contributed by atoms with E-state index in [1.807, 2.05) is 13.0 Å². The molecule has 1 aromatic heterocycles. The highest BCUT2D eigenvalue weighted by atomic mass is 35.5. The van der Waals surface area contributed by atoms with Gasteiger partial charge >= 0.3 is 0 Å². The molecule has 0 radical (unpaired) electrons. The summed E-state index contributed by atoms with van der Waals surface area (Å²) in [5.74, 6) is 2.46. The third kappa shape index (κ3) is 3.56. The number of anilines is 1. The van der Waals surface area contributed by atoms with Gasteiger partial charge in [0.2, 0.25) is 0 Å². The van der Waals surface area contributed by atoms with Crippen LogP contribution in [0.15, 0.2) is 6.07 Å². The molecule has 0 saturated heterocycles. The van der Waals surface area contributed by atoms with Crippen LogP contribution in [-0.4, -0.2) is 22.6 Å². The van der Waals surface area contributed by atoms with Gasteiger partial charge in [-0.25, -0.2) is 9.97 Å². The number of hydrogen-bond donors (Lipinski definition) is 0. The van der Waals surface area contributed by atoms with Crippen LogP contribution in [0.5, 0.6) is 0 Å². The van der Waals surface area contributed by atoms with Gasteiger partial charge in [0.05, 0.1) is 0 Å². The zero-order chi connectivity index (χ0) is 12.4. The molecular weight excluding hydrogens is 234 g/mol. The maximum atomic E-state index is 6.00. The SMILES string of the molecule is Cc1nc(Cl)cc(N(CCC(C)C)C2CC2)n1. The van der Waals surface area contributed by atoms with Crippen molar-refractivity contribution in [2.75, 3.05) is 11.4 Å². The van der Waals surface area contributed by atoms with Crippen molar-refractivity contribution >= 4 is 17.4 Å². The molecule has 1 aliphatic rings. The number of aryl methyl sites for hydroxylation is 1. The van der Waals surface area contributed by atoms with E-state index in [9.17, 15) is 0 Å². The van der Waals surface area contributed by atoms with Crippen molar-refractivity contribution in [3.63, 3.8) is 0 Å². The molecule has 0 aromatic carbocycles. The Morgan fingerprint density at radius 3 is 2.65 bits per heavy atom. The van der Waals surface area contributed by atoms with E-state index in [1.165, 1.54) is 19.3 Å². The van der Waals surface area contributed by atoms with Gasteiger partial charge in [-0.2, -0.15) is 0 Å². The molecule has 1 aliphatic carbocycles. The highest BCUT2D eigenvalue weighted by Gasteiger charge is 2.30. The van der Waals surface area contributed by atoms with Gasteiger partial charge in [-0.1, -0.05) is 25.4 Å². The topological polar surface area (TPSA) is 29.0 Å². The summed E-state index contributed by atoms with van der Waals surface area (Å²) in [4.78, 5) is 11.0. The van der Waals surface area contributed by atoms with E-state index in [-0.39, 0.29) is 0 Å². The summed E-state index contributed by atoms with van der Waals surface area (Å²) in [6.45, 7) is 7.46. The molecule has 4 heteroatoms. The minimum absolute atomic E-state index is 0.544. The maximum absolute atomic E-state index is 6.00. The lowest BCUT2D eigenvalue weighted by atomic mass is 10.1. The van der Waals surface area contributed by atoms with Crippen molar-refractivity contribution in [3.05, 3.63) is 17.0 Å². The second-order valence-electron chi connectivity index (χ2n) is 5.20. The van der Waals surface area contributed by atoms with Crippen molar-refractivity contribution in [3.8, 4) is 0 Å². The highest BCUT2D eigenvalue weighted by Crippen LogP contribution is 2.31. The van der Waals surface area contributed by atoms with E-state index in [0.29, 0.717) is 11.2 Å². The number of aromatic nitrogens is 2. The smallest absolute Gasteiger partial charge is 0.134 e. The quantitative estimate of drug-likeness (QED) is 0.753. The van der Waals surface area contributed by atoms with Crippen LogP contribution >= 0.6 is 11.6 Å². The van der Waals surface area contributed by atoms with Gasteiger partial charge in [-0.3, -0.25) is 0 Å². The molecule has 0 bridgehead atoms. The molecule has 94 valence electrons. The van der Waals surface area contributed by atoms with Gasteiger partial charge in [-0.05, 0) is 32.1 Å². The van der Waals surface area contributed by atoms with Crippen molar-refractivity contribution in [1.29, 1.82) is 0 Å². The minimum atomic E-state index is 0.544. The van der Waals surface area contributed by atoms with Gasteiger partial charge in [-0.15, -0.1) is 0 Å². The largest absolute Gasteiger partial charge is 0.353 e. The fourth-order valence-corrected chi connectivity index (χ4v) is 2.15. The standard InChI is InChI=1S/C13H20ClN3/c1-9(2)6-7-17(11-4-5-11)13-8-12(14)15-10(3)16-13/h8-9,11H,4-7H2,1-3H3. The zero-order valence-electron chi connectivity index (χ0n) is 10.8. The Hall–Kier alpha value is -0.830. The number of halogens is 1. The summed E-state index contributed by atoms with van der Waals surface area (Å²) in [5, 5.41) is 0.544. The van der Waals surface area contributed by atoms with Crippen molar-refractivity contribution in [2.45, 2.75) is 46.1 Å². The van der Waals surface area contributed by atoms with Crippen LogP contribution in [-0.2, 0) is 0 Å². The number of hydrogen-bond acceptors (Lipinski definition) is 3. The van der Waals surface area contributed by atoms with Crippen LogP contribution in [0.2, 0.25) is 5.15 Å². The predicted molar refractivity (Wildman–Crippen MR) is 71.6 cm³/mol. The van der Waals surface area contributed by atoms with E-state index >= 15 is 0 Å². The third-order valence-corrected chi connectivity index (χ3v) is 3.22. The van der Waals surface area contributed by atoms with E-state index in [2.05, 4.69) is 28.7 Å². The van der Waals surface area contributed by atoms with Gasteiger partial charge in [0.1, 0.15) is 16.8 Å². The van der Waals surface area contributed by atoms with Crippen LogP contribution in [0.3, 0.4) is 0 Å². The average molecular weight is 254 g/mol. The van der Waals surface area contributed by atoms with Gasteiger partial charge in [0, 0.05) is 18.7 Å². The molecular formula is C13H20ClN3. The lowest BCUT2D eigenvalue weighted by molar-refractivity contribution is 0.568. The van der Waals surface area contributed by atoms with Crippen molar-refractivity contribution in [2.24, 2.45) is 5.92 Å². The number of nitrogens with zero attached hydrogens (tertiary/aromatic N) is 3. The molecule has 1 heterocycles. The maximum Gasteiger partial charge on any atom is 0.134 e. The first-order valence-electron chi connectivity index (χ1n) is 6.34. The Morgan fingerprint density at radius 1 is 1.41 bits per heavy atom. The third-order valence-electron chi connectivity index (χ3n) is 3.02. The van der Waals surface area contributed by atoms with E-state index in [4.69, 9.17) is 11.6 Å². The molecule has 0 spiro atoms. The zero-order valence-corrected chi connectivity index (χ0v) is 11.5. The fourth-order valence-electron chi connectivity index (χ4n) is 1.93. The molecule has 1 fully saturated rings. The molecule has 2 rings (SSSR count). The van der Waals surface area contributed by atoms with Crippen LogP contribution in [0, 0.1) is 12.8 Å². The lowest BCUT2D eigenvalue weighted by Gasteiger charge is -2.24. The first kappa shape index (κ1) is 12.6. The van der Waals surface area contributed by atoms with Crippen LogP contribution in [0.4, 0.5) is 5.82 Å². The second-order valence-corrected chi connectivity index (χ2v) is 5.59. The Kier molecular flexibility index (Phi) is 3.87. The fraction of sp³-hybridized carbons (Fsp3) is 0.692. The molecule has 1 saturated carbocycles. The Balaban J connectivity index is 2.14. The summed E-state index contributed by atoms with van der Waals surface area (Å²) < 4.78 is 0. The predicted octanol–water partition coefficient (Wildman–Crippen LogP) is 3.45. The van der Waals surface area contributed by atoms with E-state index in [1.54, 1.807) is 0 Å². The lowest BCUT2D eigenvalue weighted by Crippen LogP contribution is -2.28. The van der Waals surface area contributed by atoms with Crippen LogP contribution in [0.1, 0.15) is 38.9 Å². The summed E-state index contributed by atoms with van der Waals surface area (Å²) in [6, 6.07) is 2.55. The average Bonchev–Trinajstić information content (AvgIpc) is 3.00. The molecule has 0 amide bonds. The Morgan fingerprint density at radius 2 is 2.12 bits per heavy atom. The van der Waals surface area contributed by atoms with Gasteiger partial charge in [0.15, 0.2) is 0 Å². The molecule has 0 N–H and O–H groups in total. The molecule has 17 heavy (non-hydrogen) atoms. The summed E-state index contributed by atoms with van der Waals surface area (Å²) in [5.41, 5.74) is 0. The summed E-state index contributed by atoms with van der Waals surface area (Å²) in [6.07, 6.45) is 3.74. The second kappa shape index (κ2) is 5.21. The highest BCUT2D eigenvalue weighted by molar-refractivity contribution is 6.29. The van der Waals surface area contributed by atoms with E-state index in [0.717, 1.165) is 24.1 Å². The molecule has 0 atom stereocenters. The monoisotopic (exact) mass is 253 g/mol. The van der Waals surface area contributed by atoms with Crippen molar-refractivity contribution < 1.29 is 0 Å². The molecule has 1 aromatic rings. The first-order chi connectivity index (χ1) is 8.06. The number of rotatable bonds is 5. The van der Waals surface area contributed by atoms with Crippen molar-refractivity contribution in [1.82, 2.24) is 9.97 Å². The minimum Gasteiger partial charge on any atom is -0.353 e. The van der Waals surface area contributed by atoms with Crippen LogP contribution in [0.25, 0.3) is 0 Å². The molecule has 0 aliphatic heterocycles. The van der Waals surface area contributed by atoms with E-state index < -0.39 is 0 Å². The van der Waals surface area contributed by atoms with Gasteiger partial charge < -0.3 is 4.90 Å². The normalized spacial score (nSPS) is 15.4. The van der Waals surface area contributed by atoms with Crippen LogP contribution < -0.4 is 4.90 Å². The Labute approximate surface area is 108 Å². The summed E-state index contributed by atoms with van der Waals surface area (Å²) >= 11 is 6.00. The molecule has 3 nitrogen and oxygen atoms in total. The van der Waals surface area contributed by atoms with Gasteiger partial charge in [0.25, 0.3) is 0 Å². The first-order valence-corrected chi connectivity index (χ1v) is 6.72.